The van der Waals surface area contributed by atoms with Crippen molar-refractivity contribution >= 4 is 43.6 Å². The predicted octanol–water partition coefficient (Wildman–Crippen LogP) is 19.3. The third kappa shape index (κ3) is 9.15. The molecule has 86 heavy (non-hydrogen) atoms. The molecule has 0 aliphatic heterocycles. The molecule has 0 aliphatic rings. The normalized spacial score (nSPS) is 11.5. The van der Waals surface area contributed by atoms with E-state index in [-0.39, 0.29) is 0 Å². The van der Waals surface area contributed by atoms with Crippen LogP contribution in [0, 0.1) is 0 Å². The molecule has 0 bridgehead atoms. The maximum atomic E-state index is 5.27. The number of benzene rings is 10. The Kier molecular flexibility index (Phi) is 12.3. The molecule has 0 radical (unpaired) electrons. The fraction of sp³-hybridized carbons (Fsp3) is 0. The average molecular weight is 1100 g/mol. The summed E-state index contributed by atoms with van der Waals surface area (Å²) in [5.41, 5.74) is 22.0. The number of hydrogen-bond donors (Lipinski definition) is 0. The molecule has 0 saturated heterocycles. The van der Waals surface area contributed by atoms with Crippen LogP contribution in [-0.2, 0) is 0 Å². The van der Waals surface area contributed by atoms with Gasteiger partial charge in [0.05, 0.1) is 56.2 Å². The van der Waals surface area contributed by atoms with Gasteiger partial charge in [-0.3, -0.25) is 9.97 Å². The zero-order valence-electron chi connectivity index (χ0n) is 46.4. The number of nitrogens with zero attached hydrogens (tertiary/aromatic N) is 8. The summed E-state index contributed by atoms with van der Waals surface area (Å²) in [5.74, 6) is 1.28. The van der Waals surface area contributed by atoms with E-state index in [1.54, 1.807) is 0 Å². The van der Waals surface area contributed by atoms with Crippen molar-refractivity contribution in [2.24, 2.45) is 0 Å². The maximum absolute atomic E-state index is 5.27. The highest BCUT2D eigenvalue weighted by molar-refractivity contribution is 6.10. The maximum Gasteiger partial charge on any atom is 0.160 e. The first-order chi connectivity index (χ1) is 42.6. The van der Waals surface area contributed by atoms with Crippen LogP contribution in [0.3, 0.4) is 0 Å². The van der Waals surface area contributed by atoms with Crippen molar-refractivity contribution in [3.63, 3.8) is 0 Å². The quantitative estimate of drug-likeness (QED) is 0.128. The van der Waals surface area contributed by atoms with Crippen LogP contribution in [-0.4, -0.2) is 39.0 Å². The van der Waals surface area contributed by atoms with Crippen LogP contribution < -0.4 is 0 Å². The van der Waals surface area contributed by atoms with E-state index < -0.39 is 0 Å². The minimum atomic E-state index is 0.639. The predicted molar refractivity (Wildman–Crippen MR) is 351 cm³/mol. The minimum Gasteiger partial charge on any atom is -0.309 e. The molecule has 0 atom stereocenters. The summed E-state index contributed by atoms with van der Waals surface area (Å²) in [5, 5.41) is 4.93. The van der Waals surface area contributed by atoms with E-state index in [1.165, 1.54) is 43.6 Å². The first-order valence-corrected chi connectivity index (χ1v) is 28.8. The van der Waals surface area contributed by atoms with Gasteiger partial charge in [0.15, 0.2) is 11.6 Å². The Balaban J connectivity index is 0.726. The zero-order chi connectivity index (χ0) is 56.9. The van der Waals surface area contributed by atoms with Crippen LogP contribution in [0.4, 0.5) is 0 Å². The van der Waals surface area contributed by atoms with Gasteiger partial charge in [0, 0.05) is 89.8 Å². The second kappa shape index (κ2) is 21.2. The summed E-state index contributed by atoms with van der Waals surface area (Å²) in [6.45, 7) is 0. The fourth-order valence-corrected chi connectivity index (χ4v) is 12.0. The fourth-order valence-electron chi connectivity index (χ4n) is 12.0. The number of fused-ring (bicyclic) bond motifs is 6. The first-order valence-electron chi connectivity index (χ1n) is 28.8. The van der Waals surface area contributed by atoms with Crippen LogP contribution in [0.1, 0.15) is 0 Å². The molecule has 0 saturated carbocycles. The highest BCUT2D eigenvalue weighted by atomic mass is 15.0. The van der Waals surface area contributed by atoms with Crippen molar-refractivity contribution in [2.75, 3.05) is 0 Å². The van der Waals surface area contributed by atoms with Crippen LogP contribution >= 0.6 is 0 Å². The van der Waals surface area contributed by atoms with Crippen LogP contribution in [0.5, 0.6) is 0 Å². The molecule has 8 nitrogen and oxygen atoms in total. The van der Waals surface area contributed by atoms with Crippen LogP contribution in [0.25, 0.3) is 156 Å². The zero-order valence-corrected chi connectivity index (χ0v) is 46.4. The molecule has 6 heterocycles. The molecule has 10 aromatic carbocycles. The Morgan fingerprint density at radius 2 is 0.442 bits per heavy atom. The van der Waals surface area contributed by atoms with E-state index in [2.05, 4.69) is 274 Å². The van der Waals surface area contributed by atoms with Gasteiger partial charge in [-0.05, 0) is 96.1 Å². The standard InChI is InChI=1S/C78H50N8/c1-5-19-73-63(13-1)64-14-2-6-20-74(64)85(73)61-43-39-57(40-44-61)71-49-69(55-31-27-53(28-32-55)67-17-9-11-47-79-67)81-77(83-71)59-35-23-51(24-36-59)52-25-37-60(38-26-52)78-82-70(56-33-29-54(30-34-56)68-18-10-12-48-80-68)50-72(84-78)58-41-45-62(46-42-58)86-75-21-7-3-15-65(75)66-16-4-8-22-76(66)86/h1-50H. The lowest BCUT2D eigenvalue weighted by atomic mass is 10.0. The molecular weight excluding hydrogens is 1050 g/mol. The lowest BCUT2D eigenvalue weighted by Gasteiger charge is -2.12. The highest BCUT2D eigenvalue weighted by Gasteiger charge is 2.18. The molecular formula is C78H50N8. The highest BCUT2D eigenvalue weighted by Crippen LogP contribution is 2.37. The minimum absolute atomic E-state index is 0.639. The summed E-state index contributed by atoms with van der Waals surface area (Å²) < 4.78 is 4.68. The van der Waals surface area contributed by atoms with Gasteiger partial charge >= 0.3 is 0 Å². The lowest BCUT2D eigenvalue weighted by molar-refractivity contribution is 1.17. The van der Waals surface area contributed by atoms with Gasteiger partial charge in [-0.2, -0.15) is 0 Å². The monoisotopic (exact) mass is 1100 g/mol. The summed E-state index contributed by atoms with van der Waals surface area (Å²) in [4.78, 5) is 30.2. The van der Waals surface area contributed by atoms with E-state index >= 15 is 0 Å². The number of hydrogen-bond acceptors (Lipinski definition) is 6. The second-order valence-electron chi connectivity index (χ2n) is 21.5. The van der Waals surface area contributed by atoms with Crippen molar-refractivity contribution in [1.82, 2.24) is 39.0 Å². The summed E-state index contributed by atoms with van der Waals surface area (Å²) in [6.07, 6.45) is 3.65. The Labute approximate surface area is 496 Å². The Bertz CT molecular complexity index is 4720. The molecule has 0 amide bonds. The van der Waals surface area contributed by atoms with Gasteiger partial charge in [0.1, 0.15) is 0 Å². The lowest BCUT2D eigenvalue weighted by Crippen LogP contribution is -1.97. The summed E-state index contributed by atoms with van der Waals surface area (Å²) >= 11 is 0. The second-order valence-corrected chi connectivity index (χ2v) is 21.5. The third-order valence-corrected chi connectivity index (χ3v) is 16.4. The summed E-state index contributed by atoms with van der Waals surface area (Å²) in [7, 11) is 0. The van der Waals surface area contributed by atoms with Crippen molar-refractivity contribution in [3.8, 4) is 113 Å². The van der Waals surface area contributed by atoms with Gasteiger partial charge in [0.2, 0.25) is 0 Å². The molecule has 16 rings (SSSR count). The number of aromatic nitrogens is 8. The molecule has 0 fully saturated rings. The largest absolute Gasteiger partial charge is 0.309 e. The van der Waals surface area contributed by atoms with E-state index in [9.17, 15) is 0 Å². The van der Waals surface area contributed by atoms with Gasteiger partial charge in [0.25, 0.3) is 0 Å². The molecule has 8 heteroatoms. The smallest absolute Gasteiger partial charge is 0.160 e. The molecule has 0 N–H and O–H groups in total. The topological polar surface area (TPSA) is 87.2 Å². The number of pyridine rings is 2. The molecule has 0 aliphatic carbocycles. The van der Waals surface area contributed by atoms with E-state index in [4.69, 9.17) is 19.9 Å². The summed E-state index contributed by atoms with van der Waals surface area (Å²) in [6, 6.07) is 102. The van der Waals surface area contributed by atoms with Crippen molar-refractivity contribution in [3.05, 3.63) is 304 Å². The molecule has 0 unspecified atom stereocenters. The van der Waals surface area contributed by atoms with Gasteiger partial charge < -0.3 is 9.13 Å². The van der Waals surface area contributed by atoms with Gasteiger partial charge in [-0.1, -0.05) is 206 Å². The van der Waals surface area contributed by atoms with Crippen molar-refractivity contribution in [1.29, 1.82) is 0 Å². The SMILES string of the molecule is c1ccc(-c2ccc(-c3cc(-c4ccc(-n5c6ccccc6c6ccccc65)cc4)nc(-c4ccc(-c5ccc(-c6nc(-c7ccc(-c8ccccn8)cc7)cc(-c7ccc(-n8c9ccccc9c9ccccc98)cc7)n6)cc5)cc4)n3)cc2)nc1. The third-order valence-electron chi connectivity index (χ3n) is 16.4. The van der Waals surface area contributed by atoms with E-state index in [0.717, 1.165) is 101 Å². The van der Waals surface area contributed by atoms with Gasteiger partial charge in [-0.15, -0.1) is 0 Å². The number of rotatable bonds is 11. The first kappa shape index (κ1) is 50.0. The van der Waals surface area contributed by atoms with Crippen molar-refractivity contribution < 1.29 is 0 Å². The van der Waals surface area contributed by atoms with Crippen LogP contribution in [0.15, 0.2) is 304 Å². The molecule has 0 spiro atoms. The molecule has 16 aromatic rings. The average Bonchev–Trinajstić information content (AvgIpc) is 2.74. The van der Waals surface area contributed by atoms with Gasteiger partial charge in [-0.25, -0.2) is 19.9 Å². The Morgan fingerprint density at radius 3 is 0.733 bits per heavy atom. The van der Waals surface area contributed by atoms with E-state index in [1.807, 2.05) is 48.8 Å². The molecule has 6 aromatic heterocycles. The molecule has 402 valence electrons. The van der Waals surface area contributed by atoms with E-state index in [0.29, 0.717) is 11.6 Å². The van der Waals surface area contributed by atoms with Crippen LogP contribution in [0.2, 0.25) is 0 Å². The Morgan fingerprint density at radius 1 is 0.198 bits per heavy atom. The van der Waals surface area contributed by atoms with Crippen molar-refractivity contribution in [2.45, 2.75) is 0 Å². The Hall–Kier alpha value is -11.7. The number of para-hydroxylation sites is 4.